The Hall–Kier alpha value is -3.52. The molecule has 0 saturated heterocycles. The number of anilines is 2. The molecule has 3 aromatic rings. The Balaban J connectivity index is 1.48. The van der Waals surface area contributed by atoms with Crippen LogP contribution in [0.3, 0.4) is 0 Å². The van der Waals surface area contributed by atoms with Crippen LogP contribution >= 0.6 is 11.8 Å². The highest BCUT2D eigenvalue weighted by Gasteiger charge is 2.09. The van der Waals surface area contributed by atoms with Crippen LogP contribution in [-0.2, 0) is 11.3 Å². The van der Waals surface area contributed by atoms with Crippen molar-refractivity contribution in [3.63, 3.8) is 0 Å². The minimum atomic E-state index is -0.501. The van der Waals surface area contributed by atoms with Crippen molar-refractivity contribution in [1.82, 2.24) is 0 Å². The van der Waals surface area contributed by atoms with Crippen LogP contribution in [0.25, 0.3) is 0 Å². The molecule has 0 aromatic heterocycles. The van der Waals surface area contributed by atoms with E-state index in [1.54, 1.807) is 18.2 Å². The van der Waals surface area contributed by atoms with Crippen molar-refractivity contribution in [3.05, 3.63) is 88.5 Å². The van der Waals surface area contributed by atoms with Gasteiger partial charge in [0, 0.05) is 40.5 Å². The summed E-state index contributed by atoms with van der Waals surface area (Å²) in [4.78, 5) is 23.3. The average molecular weight is 409 g/mol. The van der Waals surface area contributed by atoms with Crippen molar-refractivity contribution in [2.75, 3.05) is 16.4 Å². The standard InChI is InChI=1S/C21H19N3O4S/c25-20-7-2-1-4-15(20)13-22-16-8-10-19(11-9-16)29-14-21(26)23-17-5-3-6-18(12-17)24(27)28/h1-12,22,25H,13-14H2,(H,23,26). The van der Waals surface area contributed by atoms with Crippen molar-refractivity contribution in [2.45, 2.75) is 11.4 Å². The lowest BCUT2D eigenvalue weighted by Crippen LogP contribution is -2.14. The molecule has 1 amide bonds. The summed E-state index contributed by atoms with van der Waals surface area (Å²) >= 11 is 1.37. The fourth-order valence-electron chi connectivity index (χ4n) is 2.57. The first-order valence-corrected chi connectivity index (χ1v) is 9.78. The van der Waals surface area contributed by atoms with E-state index in [0.29, 0.717) is 12.2 Å². The summed E-state index contributed by atoms with van der Waals surface area (Å²) in [5, 5.41) is 26.5. The Kier molecular flexibility index (Phi) is 6.70. The molecule has 0 spiro atoms. The number of nitro benzene ring substituents is 1. The van der Waals surface area contributed by atoms with Crippen LogP contribution in [0, 0.1) is 10.1 Å². The summed E-state index contributed by atoms with van der Waals surface area (Å²) < 4.78 is 0. The molecule has 0 bridgehead atoms. The first kappa shape index (κ1) is 20.2. The summed E-state index contributed by atoms with van der Waals surface area (Å²) in [5.41, 5.74) is 2.04. The maximum atomic E-state index is 12.1. The number of nitro groups is 1. The largest absolute Gasteiger partial charge is 0.508 e. The number of phenolic OH excluding ortho intramolecular Hbond substituents is 1. The van der Waals surface area contributed by atoms with Crippen LogP contribution in [0.5, 0.6) is 5.75 Å². The highest BCUT2D eigenvalue weighted by molar-refractivity contribution is 8.00. The molecule has 0 radical (unpaired) electrons. The van der Waals surface area contributed by atoms with Gasteiger partial charge in [0.25, 0.3) is 5.69 Å². The number of hydrogen-bond acceptors (Lipinski definition) is 6. The van der Waals surface area contributed by atoms with E-state index in [2.05, 4.69) is 10.6 Å². The molecule has 0 heterocycles. The normalized spacial score (nSPS) is 10.3. The van der Waals surface area contributed by atoms with Gasteiger partial charge in [-0.25, -0.2) is 0 Å². The molecule has 3 N–H and O–H groups in total. The number of nitrogens with one attached hydrogen (secondary N) is 2. The molecule has 3 aromatic carbocycles. The average Bonchev–Trinajstić information content (AvgIpc) is 2.72. The van der Waals surface area contributed by atoms with E-state index < -0.39 is 4.92 Å². The van der Waals surface area contributed by atoms with E-state index in [1.807, 2.05) is 36.4 Å². The molecule has 3 rings (SSSR count). The molecule has 0 atom stereocenters. The van der Waals surface area contributed by atoms with E-state index in [0.717, 1.165) is 16.1 Å². The molecule has 7 nitrogen and oxygen atoms in total. The number of para-hydroxylation sites is 1. The number of hydrogen-bond donors (Lipinski definition) is 3. The second-order valence-corrected chi connectivity index (χ2v) is 7.20. The maximum absolute atomic E-state index is 12.1. The zero-order chi connectivity index (χ0) is 20.6. The van der Waals surface area contributed by atoms with Gasteiger partial charge in [-0.1, -0.05) is 24.3 Å². The Bertz CT molecular complexity index is 1010. The predicted molar refractivity (Wildman–Crippen MR) is 114 cm³/mol. The number of benzene rings is 3. The van der Waals surface area contributed by atoms with Crippen molar-refractivity contribution in [2.24, 2.45) is 0 Å². The second kappa shape index (κ2) is 9.61. The fraction of sp³-hybridized carbons (Fsp3) is 0.0952. The third-order valence-electron chi connectivity index (χ3n) is 4.04. The maximum Gasteiger partial charge on any atom is 0.271 e. The zero-order valence-electron chi connectivity index (χ0n) is 15.4. The Morgan fingerprint density at radius 1 is 1.00 bits per heavy atom. The van der Waals surface area contributed by atoms with Crippen LogP contribution in [0.15, 0.2) is 77.7 Å². The first-order valence-electron chi connectivity index (χ1n) is 8.79. The van der Waals surface area contributed by atoms with Gasteiger partial charge in [0.2, 0.25) is 5.91 Å². The number of carbonyl (C=O) groups is 1. The van der Waals surface area contributed by atoms with E-state index in [4.69, 9.17) is 0 Å². The van der Waals surface area contributed by atoms with Gasteiger partial charge in [-0.2, -0.15) is 0 Å². The number of non-ortho nitro benzene ring substituents is 1. The van der Waals surface area contributed by atoms with Crippen LogP contribution in [0.4, 0.5) is 17.1 Å². The van der Waals surface area contributed by atoms with Gasteiger partial charge in [0.05, 0.1) is 10.7 Å². The number of phenols is 1. The van der Waals surface area contributed by atoms with E-state index in [9.17, 15) is 20.0 Å². The number of rotatable bonds is 8. The van der Waals surface area contributed by atoms with E-state index in [-0.39, 0.29) is 23.1 Å². The molecule has 0 saturated carbocycles. The smallest absolute Gasteiger partial charge is 0.271 e. The van der Waals surface area contributed by atoms with Gasteiger partial charge in [-0.15, -0.1) is 11.8 Å². The lowest BCUT2D eigenvalue weighted by molar-refractivity contribution is -0.384. The minimum Gasteiger partial charge on any atom is -0.508 e. The number of thioether (sulfide) groups is 1. The molecule has 0 aliphatic carbocycles. The molecule has 0 aliphatic rings. The molecule has 29 heavy (non-hydrogen) atoms. The second-order valence-electron chi connectivity index (χ2n) is 6.15. The quantitative estimate of drug-likeness (QED) is 0.284. The monoisotopic (exact) mass is 409 g/mol. The van der Waals surface area contributed by atoms with Gasteiger partial charge in [-0.3, -0.25) is 14.9 Å². The predicted octanol–water partition coefficient (Wildman–Crippen LogP) is 4.64. The van der Waals surface area contributed by atoms with Gasteiger partial charge >= 0.3 is 0 Å². The number of aromatic hydroxyl groups is 1. The highest BCUT2D eigenvalue weighted by atomic mass is 32.2. The van der Waals surface area contributed by atoms with Crippen LogP contribution in [0.1, 0.15) is 5.56 Å². The Labute approximate surface area is 171 Å². The highest BCUT2D eigenvalue weighted by Crippen LogP contribution is 2.23. The van der Waals surface area contributed by atoms with Crippen molar-refractivity contribution in [3.8, 4) is 5.75 Å². The molecular weight excluding hydrogens is 390 g/mol. The third-order valence-corrected chi connectivity index (χ3v) is 5.05. The summed E-state index contributed by atoms with van der Waals surface area (Å²) in [6.07, 6.45) is 0. The summed E-state index contributed by atoms with van der Waals surface area (Å²) in [6, 6.07) is 20.6. The van der Waals surface area contributed by atoms with Crippen LogP contribution < -0.4 is 10.6 Å². The van der Waals surface area contributed by atoms with Crippen LogP contribution in [-0.4, -0.2) is 21.7 Å². The van der Waals surface area contributed by atoms with Crippen molar-refractivity contribution < 1.29 is 14.8 Å². The van der Waals surface area contributed by atoms with Gasteiger partial charge < -0.3 is 15.7 Å². The molecule has 8 heteroatoms. The number of amides is 1. The molecule has 0 unspecified atom stereocenters. The first-order chi connectivity index (χ1) is 14.0. The summed E-state index contributed by atoms with van der Waals surface area (Å²) in [6.45, 7) is 0.505. The molecule has 0 fully saturated rings. The van der Waals surface area contributed by atoms with Crippen molar-refractivity contribution in [1.29, 1.82) is 0 Å². The lowest BCUT2D eigenvalue weighted by Gasteiger charge is -2.09. The van der Waals surface area contributed by atoms with Gasteiger partial charge in [0.15, 0.2) is 0 Å². The van der Waals surface area contributed by atoms with E-state index in [1.165, 1.54) is 30.0 Å². The van der Waals surface area contributed by atoms with Gasteiger partial charge in [-0.05, 0) is 36.4 Å². The van der Waals surface area contributed by atoms with E-state index >= 15 is 0 Å². The number of nitrogens with zero attached hydrogens (tertiary/aromatic N) is 1. The Morgan fingerprint density at radius 2 is 1.76 bits per heavy atom. The van der Waals surface area contributed by atoms with Crippen LogP contribution in [0.2, 0.25) is 0 Å². The molecular formula is C21H19N3O4S. The molecule has 148 valence electrons. The zero-order valence-corrected chi connectivity index (χ0v) is 16.2. The summed E-state index contributed by atoms with van der Waals surface area (Å²) in [7, 11) is 0. The minimum absolute atomic E-state index is 0.0673. The topological polar surface area (TPSA) is 104 Å². The van der Waals surface area contributed by atoms with Crippen molar-refractivity contribution >= 4 is 34.7 Å². The molecule has 0 aliphatic heterocycles. The van der Waals surface area contributed by atoms with Gasteiger partial charge in [0.1, 0.15) is 5.75 Å². The SMILES string of the molecule is O=C(CSc1ccc(NCc2ccccc2O)cc1)Nc1cccc([N+](=O)[O-])c1. The Morgan fingerprint density at radius 3 is 2.48 bits per heavy atom. The third kappa shape index (κ3) is 5.98. The summed E-state index contributed by atoms with van der Waals surface area (Å²) in [5.74, 6) is 0.201. The lowest BCUT2D eigenvalue weighted by atomic mass is 10.2. The number of carbonyl (C=O) groups excluding carboxylic acids is 1. The fourth-order valence-corrected chi connectivity index (χ4v) is 3.27.